The van der Waals surface area contributed by atoms with E-state index >= 15 is 0 Å². The Morgan fingerprint density at radius 1 is 1.29 bits per heavy atom. The first-order valence-corrected chi connectivity index (χ1v) is 3.46. The van der Waals surface area contributed by atoms with Crippen LogP contribution >= 0.6 is 7.94 Å². The first-order chi connectivity index (χ1) is 2.56. The van der Waals surface area contributed by atoms with Crippen molar-refractivity contribution in [2.45, 2.75) is 6.92 Å². The summed E-state index contributed by atoms with van der Waals surface area (Å²) in [6, 6.07) is 0. The maximum Gasteiger partial charge on any atom is 0.403 e. The fraction of sp³-hybridized carbons (Fsp3) is 1.00. The van der Waals surface area contributed by atoms with Gasteiger partial charge in [0.05, 0.1) is 0 Å². The molecule has 0 bridgehead atoms. The molecule has 0 rings (SSSR count). The molecule has 0 spiro atoms. The van der Waals surface area contributed by atoms with Gasteiger partial charge >= 0.3 is 7.94 Å². The van der Waals surface area contributed by atoms with Gasteiger partial charge in [-0.15, -0.1) is 0 Å². The normalized spacial score (nSPS) is 10.3. The van der Waals surface area contributed by atoms with E-state index in [1.54, 1.807) is 0 Å². The summed E-state index contributed by atoms with van der Waals surface area (Å²) in [7, 11) is -3.40. The monoisotopic (exact) mass is 128 g/mol. The molecule has 0 aromatic heterocycles. The molecule has 0 heterocycles. The summed E-state index contributed by atoms with van der Waals surface area (Å²) in [5, 5.41) is 0. The molecule has 0 radical (unpaired) electrons. The fourth-order valence-corrected chi connectivity index (χ4v) is 0. The summed E-state index contributed by atoms with van der Waals surface area (Å²) < 4.78 is 0. The van der Waals surface area contributed by atoms with Crippen molar-refractivity contribution in [3.8, 4) is 0 Å². The van der Waals surface area contributed by atoms with Crippen molar-refractivity contribution in [2.24, 2.45) is 0 Å². The Labute approximate surface area is 43.0 Å². The quantitative estimate of drug-likeness (QED) is 0.371. The molecule has 0 amide bonds. The second-order valence-electron chi connectivity index (χ2n) is 1.01. The number of hydrogen-bond donors (Lipinski definition) is 4. The second-order valence-corrected chi connectivity index (χ2v) is 3.03. The molecule has 0 unspecified atom stereocenters. The van der Waals surface area contributed by atoms with Crippen LogP contribution in [0.3, 0.4) is 0 Å². The van der Waals surface area contributed by atoms with Gasteiger partial charge in [0.15, 0.2) is 0 Å². The second kappa shape index (κ2) is 3.29. The molecule has 0 saturated heterocycles. The molecule has 0 fully saturated rings. The highest BCUT2D eigenvalue weighted by molar-refractivity contribution is 7.58. The van der Waals surface area contributed by atoms with Crippen LogP contribution in [0.2, 0.25) is 0 Å². The zero-order valence-corrected chi connectivity index (χ0v) is 5.10. The van der Waals surface area contributed by atoms with Gasteiger partial charge in [0.2, 0.25) is 0 Å². The smallest absolute Gasteiger partial charge is 0.344 e. The van der Waals surface area contributed by atoms with Gasteiger partial charge in [0.1, 0.15) is 6.16 Å². The van der Waals surface area contributed by atoms with Crippen LogP contribution in [0.5, 0.6) is 0 Å². The van der Waals surface area contributed by atoms with Crippen LogP contribution in [0, 0.1) is 0 Å². The molecule has 0 aliphatic rings. The maximum absolute atomic E-state index is 8.05. The minimum absolute atomic E-state index is 0. The van der Waals surface area contributed by atoms with Gasteiger partial charge < -0.3 is 6.15 Å². The van der Waals surface area contributed by atoms with E-state index in [4.69, 9.17) is 14.7 Å². The summed E-state index contributed by atoms with van der Waals surface area (Å²) in [5.74, 6) is 0. The highest BCUT2D eigenvalue weighted by Crippen LogP contribution is 2.43. The third-order valence-corrected chi connectivity index (χ3v) is 1.27. The molecule has 0 aliphatic heterocycles. The molecule has 0 aromatic rings. The van der Waals surface area contributed by atoms with Crippen LogP contribution in [0.1, 0.15) is 6.92 Å². The third kappa shape index (κ3) is 10.7. The Morgan fingerprint density at radius 2 is 1.43 bits per heavy atom. The Balaban J connectivity index is 0. The van der Waals surface area contributed by atoms with E-state index in [0.29, 0.717) is 0 Å². The van der Waals surface area contributed by atoms with Gasteiger partial charge in [-0.05, 0) is 6.92 Å². The average Bonchev–Trinajstić information content (AvgIpc) is 1.35. The molecule has 46 valence electrons. The minimum Gasteiger partial charge on any atom is -0.344 e. The Morgan fingerprint density at radius 3 is 1.43 bits per heavy atom. The highest BCUT2D eigenvalue weighted by atomic mass is 31.2. The summed E-state index contributed by atoms with van der Waals surface area (Å²) in [4.78, 5) is 24.1. The van der Waals surface area contributed by atoms with Crippen LogP contribution in [-0.4, -0.2) is 20.8 Å². The van der Waals surface area contributed by atoms with Crippen molar-refractivity contribution in [2.75, 3.05) is 6.16 Å². The molecule has 6 N–H and O–H groups in total. The van der Waals surface area contributed by atoms with Crippen molar-refractivity contribution in [3.63, 3.8) is 0 Å². The topological polar surface area (TPSA) is 95.7 Å². The number of hydrogen-bond acceptors (Lipinski definition) is 4. The lowest BCUT2D eigenvalue weighted by Crippen LogP contribution is -1.88. The third-order valence-electron chi connectivity index (χ3n) is 0.424. The lowest BCUT2D eigenvalue weighted by atomic mass is 11.0. The summed E-state index contributed by atoms with van der Waals surface area (Å²) in [5.41, 5.74) is 0. The van der Waals surface area contributed by atoms with Crippen LogP contribution in [0.15, 0.2) is 0 Å². The molecule has 0 saturated carbocycles. The molecule has 0 aromatic carbocycles. The van der Waals surface area contributed by atoms with Gasteiger partial charge in [-0.3, -0.25) is 0 Å². The van der Waals surface area contributed by atoms with Crippen LogP contribution in [0.4, 0.5) is 0 Å². The predicted molar refractivity (Wildman–Crippen MR) is 29.1 cm³/mol. The highest BCUT2D eigenvalue weighted by Gasteiger charge is 2.24. The average molecular weight is 128 g/mol. The zero-order chi connectivity index (χ0) is 5.21. The van der Waals surface area contributed by atoms with Gasteiger partial charge in [-0.1, -0.05) is 0 Å². The molecule has 0 atom stereocenters. The SMILES string of the molecule is CC[P+](O)(O)O.N. The van der Waals surface area contributed by atoms with Gasteiger partial charge in [-0.25, -0.2) is 0 Å². The lowest BCUT2D eigenvalue weighted by Gasteiger charge is -1.95. The first-order valence-electron chi connectivity index (χ1n) is 1.62. The molecular weight excluding hydrogens is 117 g/mol. The number of rotatable bonds is 1. The summed E-state index contributed by atoms with van der Waals surface area (Å²) >= 11 is 0. The van der Waals surface area contributed by atoms with Crippen molar-refractivity contribution < 1.29 is 14.7 Å². The van der Waals surface area contributed by atoms with E-state index < -0.39 is 7.94 Å². The van der Waals surface area contributed by atoms with E-state index in [1.807, 2.05) is 0 Å². The van der Waals surface area contributed by atoms with Crippen molar-refractivity contribution in [1.29, 1.82) is 0 Å². The van der Waals surface area contributed by atoms with E-state index in [1.165, 1.54) is 6.92 Å². The molecular formula is C2H11NO3P+. The Hall–Kier alpha value is 0.270. The van der Waals surface area contributed by atoms with Crippen molar-refractivity contribution in [1.82, 2.24) is 6.15 Å². The molecule has 5 heteroatoms. The molecule has 0 aliphatic carbocycles. The Kier molecular flexibility index (Phi) is 4.84. The standard InChI is InChI=1S/C2H8O3P.H3N/c1-2-6(3,4)5;/h3-5H,2H2,1H3;1H3/q+1;. The predicted octanol–water partition coefficient (Wildman–Crippen LogP) is -0.0922. The van der Waals surface area contributed by atoms with Crippen LogP contribution in [-0.2, 0) is 0 Å². The van der Waals surface area contributed by atoms with E-state index in [-0.39, 0.29) is 12.3 Å². The molecule has 4 nitrogen and oxygen atoms in total. The van der Waals surface area contributed by atoms with E-state index in [2.05, 4.69) is 0 Å². The molecule has 7 heavy (non-hydrogen) atoms. The van der Waals surface area contributed by atoms with Crippen LogP contribution in [0.25, 0.3) is 0 Å². The summed E-state index contributed by atoms with van der Waals surface area (Å²) in [6.45, 7) is 1.51. The van der Waals surface area contributed by atoms with Gasteiger partial charge in [0.25, 0.3) is 0 Å². The van der Waals surface area contributed by atoms with E-state index in [9.17, 15) is 0 Å². The minimum atomic E-state index is -3.40. The summed E-state index contributed by atoms with van der Waals surface area (Å²) in [6.07, 6.45) is 0.0486. The maximum atomic E-state index is 8.05. The van der Waals surface area contributed by atoms with Gasteiger partial charge in [0, 0.05) is 0 Å². The van der Waals surface area contributed by atoms with E-state index in [0.717, 1.165) is 0 Å². The van der Waals surface area contributed by atoms with Crippen molar-refractivity contribution >= 4 is 7.94 Å². The van der Waals surface area contributed by atoms with Crippen molar-refractivity contribution in [3.05, 3.63) is 0 Å². The largest absolute Gasteiger partial charge is 0.403 e. The first kappa shape index (κ1) is 10.3. The zero-order valence-electron chi connectivity index (χ0n) is 4.20. The Bertz CT molecular complexity index is 42.7. The van der Waals surface area contributed by atoms with Gasteiger partial charge in [-0.2, -0.15) is 14.7 Å². The van der Waals surface area contributed by atoms with Crippen LogP contribution < -0.4 is 6.15 Å². The fourth-order valence-electron chi connectivity index (χ4n) is 0. The lowest BCUT2D eigenvalue weighted by molar-refractivity contribution is 0.332.